The zero-order valence-corrected chi connectivity index (χ0v) is 17.4. The molecular weight excluding hydrogens is 381 g/mol. The van der Waals surface area contributed by atoms with E-state index in [1.54, 1.807) is 18.3 Å². The maximum absolute atomic E-state index is 13.4. The Kier molecular flexibility index (Phi) is 6.69. The minimum absolute atomic E-state index is 0.332. The molecule has 6 nitrogen and oxygen atoms in total. The summed E-state index contributed by atoms with van der Waals surface area (Å²) in [7, 11) is 0. The fraction of sp³-hybridized carbons (Fsp3) is 0.435. The topological polar surface area (TPSA) is 67.1 Å². The molecule has 0 bridgehead atoms. The smallest absolute Gasteiger partial charge is 0.259 e. The molecule has 1 saturated heterocycles. The number of likely N-dealkylation sites (tertiary alicyclic amines) is 1. The van der Waals surface area contributed by atoms with E-state index in [-0.39, 0.29) is 5.82 Å². The molecule has 1 fully saturated rings. The number of hydrogen-bond acceptors (Lipinski definition) is 6. The normalized spacial score (nSPS) is 16.2. The van der Waals surface area contributed by atoms with Gasteiger partial charge in [0.25, 0.3) is 5.89 Å². The molecule has 0 radical (unpaired) electrons. The summed E-state index contributed by atoms with van der Waals surface area (Å²) >= 11 is 0. The molecule has 7 heteroatoms. The second kappa shape index (κ2) is 9.80. The molecule has 1 aliphatic rings. The zero-order valence-electron chi connectivity index (χ0n) is 17.4. The van der Waals surface area contributed by atoms with E-state index in [0.29, 0.717) is 23.3 Å². The second-order valence-corrected chi connectivity index (χ2v) is 7.88. The first kappa shape index (κ1) is 20.5. The van der Waals surface area contributed by atoms with E-state index >= 15 is 0 Å². The zero-order chi connectivity index (χ0) is 20.8. The van der Waals surface area contributed by atoms with Gasteiger partial charge in [0.2, 0.25) is 5.82 Å². The van der Waals surface area contributed by atoms with Gasteiger partial charge in [0.05, 0.1) is 5.56 Å². The van der Waals surface area contributed by atoms with Gasteiger partial charge in [-0.2, -0.15) is 4.98 Å². The van der Waals surface area contributed by atoms with Gasteiger partial charge >= 0.3 is 0 Å². The fourth-order valence-electron chi connectivity index (χ4n) is 3.84. The van der Waals surface area contributed by atoms with Gasteiger partial charge in [0.1, 0.15) is 11.6 Å². The summed E-state index contributed by atoms with van der Waals surface area (Å²) in [5.74, 6) is 1.21. The van der Waals surface area contributed by atoms with Gasteiger partial charge in [-0.05, 0) is 63.5 Å². The Balaban J connectivity index is 1.31. The number of halogens is 1. The summed E-state index contributed by atoms with van der Waals surface area (Å²) in [6, 6.07) is 10.5. The highest BCUT2D eigenvalue weighted by Crippen LogP contribution is 2.23. The van der Waals surface area contributed by atoms with Crippen LogP contribution in [0.5, 0.6) is 0 Å². The maximum atomic E-state index is 13.4. The average molecular weight is 410 g/mol. The van der Waals surface area contributed by atoms with Crippen LogP contribution in [-0.4, -0.2) is 45.7 Å². The van der Waals surface area contributed by atoms with Crippen LogP contribution in [0, 0.1) is 5.82 Å². The first-order valence-corrected chi connectivity index (χ1v) is 10.7. The predicted octanol–water partition coefficient (Wildman–Crippen LogP) is 5.00. The predicted molar refractivity (Wildman–Crippen MR) is 116 cm³/mol. The van der Waals surface area contributed by atoms with E-state index in [9.17, 15) is 4.39 Å². The average Bonchev–Trinajstić information content (AvgIpc) is 3.09. The van der Waals surface area contributed by atoms with Gasteiger partial charge in [-0.25, -0.2) is 9.37 Å². The van der Waals surface area contributed by atoms with E-state index in [1.807, 2.05) is 12.1 Å². The molecule has 2 aromatic heterocycles. The van der Waals surface area contributed by atoms with Gasteiger partial charge in [0, 0.05) is 24.3 Å². The molecule has 1 N–H and O–H groups in total. The summed E-state index contributed by atoms with van der Waals surface area (Å²) in [5.41, 5.74) is 1.31. The molecule has 3 heterocycles. The molecule has 3 aromatic rings. The molecule has 0 amide bonds. The van der Waals surface area contributed by atoms with Crippen LogP contribution in [0.1, 0.15) is 39.0 Å². The number of rotatable bonds is 7. The number of anilines is 1. The van der Waals surface area contributed by atoms with Crippen molar-refractivity contribution in [2.45, 2.75) is 45.1 Å². The Morgan fingerprint density at radius 2 is 1.93 bits per heavy atom. The highest BCUT2D eigenvalue weighted by molar-refractivity contribution is 5.60. The highest BCUT2D eigenvalue weighted by Gasteiger charge is 2.15. The first-order valence-electron chi connectivity index (χ1n) is 10.7. The molecule has 158 valence electrons. The summed E-state index contributed by atoms with van der Waals surface area (Å²) in [6.07, 6.45) is 8.16. The van der Waals surface area contributed by atoms with E-state index in [1.165, 1.54) is 50.9 Å². The van der Waals surface area contributed by atoms with Crippen molar-refractivity contribution in [1.29, 1.82) is 0 Å². The van der Waals surface area contributed by atoms with Crippen molar-refractivity contribution < 1.29 is 8.91 Å². The van der Waals surface area contributed by atoms with Gasteiger partial charge in [-0.3, -0.25) is 0 Å². The number of nitrogens with zero attached hydrogens (tertiary/aromatic N) is 4. The Bertz CT molecular complexity index is 935. The van der Waals surface area contributed by atoms with E-state index in [4.69, 9.17) is 4.52 Å². The lowest BCUT2D eigenvalue weighted by atomic mass is 10.2. The number of hydrogen-bond donors (Lipinski definition) is 1. The molecule has 1 aromatic carbocycles. The van der Waals surface area contributed by atoms with E-state index in [0.717, 1.165) is 24.3 Å². The van der Waals surface area contributed by atoms with Crippen LogP contribution in [0.25, 0.3) is 22.8 Å². The Morgan fingerprint density at radius 3 is 2.67 bits per heavy atom. The van der Waals surface area contributed by atoms with Crippen LogP contribution in [0.3, 0.4) is 0 Å². The summed E-state index contributed by atoms with van der Waals surface area (Å²) in [4.78, 5) is 11.4. The molecule has 1 atom stereocenters. The van der Waals surface area contributed by atoms with Crippen LogP contribution < -0.4 is 5.32 Å². The van der Waals surface area contributed by atoms with Crippen molar-refractivity contribution in [3.8, 4) is 22.8 Å². The van der Waals surface area contributed by atoms with Crippen molar-refractivity contribution in [2.75, 3.05) is 25.0 Å². The minimum atomic E-state index is -0.332. The monoisotopic (exact) mass is 409 g/mol. The van der Waals surface area contributed by atoms with Crippen LogP contribution >= 0.6 is 0 Å². The second-order valence-electron chi connectivity index (χ2n) is 7.88. The molecule has 0 unspecified atom stereocenters. The summed E-state index contributed by atoms with van der Waals surface area (Å²) in [5, 5.41) is 7.35. The van der Waals surface area contributed by atoms with Crippen molar-refractivity contribution in [1.82, 2.24) is 20.0 Å². The SMILES string of the molecule is C[C@H](CCNc1ccc(-c2nc(-c3cccc(F)c3)no2)cn1)N1CCCCCC1. The standard InChI is InChI=1S/C23H28FN5O/c1-17(29-13-4-2-3-5-14-29)11-12-25-21-10-9-19(16-26-21)23-27-22(28-30-23)18-7-6-8-20(24)15-18/h6-10,15-17H,2-5,11-14H2,1H3,(H,25,26)/t17-/m1/s1. The van der Waals surface area contributed by atoms with E-state index < -0.39 is 0 Å². The van der Waals surface area contributed by atoms with Gasteiger partial charge in [-0.1, -0.05) is 30.1 Å². The lowest BCUT2D eigenvalue weighted by molar-refractivity contribution is 0.210. The van der Waals surface area contributed by atoms with Crippen molar-refractivity contribution in [3.05, 3.63) is 48.4 Å². The van der Waals surface area contributed by atoms with Crippen molar-refractivity contribution in [2.24, 2.45) is 0 Å². The van der Waals surface area contributed by atoms with Crippen molar-refractivity contribution in [3.63, 3.8) is 0 Å². The minimum Gasteiger partial charge on any atom is -0.370 e. The van der Waals surface area contributed by atoms with Gasteiger partial charge in [-0.15, -0.1) is 0 Å². The maximum Gasteiger partial charge on any atom is 0.259 e. The summed E-state index contributed by atoms with van der Waals surface area (Å²) in [6.45, 7) is 5.63. The molecule has 4 rings (SSSR count). The number of aromatic nitrogens is 3. The Morgan fingerprint density at radius 1 is 1.10 bits per heavy atom. The van der Waals surface area contributed by atoms with Crippen LogP contribution in [0.15, 0.2) is 47.1 Å². The third-order valence-corrected chi connectivity index (χ3v) is 5.65. The van der Waals surface area contributed by atoms with Crippen LogP contribution in [0.4, 0.5) is 10.2 Å². The lowest BCUT2D eigenvalue weighted by Crippen LogP contribution is -2.35. The molecule has 0 saturated carbocycles. The number of nitrogens with one attached hydrogen (secondary N) is 1. The third kappa shape index (κ3) is 5.21. The first-order chi connectivity index (χ1) is 14.7. The van der Waals surface area contributed by atoms with Crippen LogP contribution in [-0.2, 0) is 0 Å². The molecule has 0 spiro atoms. The van der Waals surface area contributed by atoms with E-state index in [2.05, 4.69) is 32.3 Å². The Hall–Kier alpha value is -2.80. The Labute approximate surface area is 176 Å². The largest absolute Gasteiger partial charge is 0.370 e. The van der Waals surface area contributed by atoms with Gasteiger partial charge in [0.15, 0.2) is 0 Å². The van der Waals surface area contributed by atoms with Crippen molar-refractivity contribution >= 4 is 5.82 Å². The molecule has 30 heavy (non-hydrogen) atoms. The quantitative estimate of drug-likeness (QED) is 0.592. The summed E-state index contributed by atoms with van der Waals surface area (Å²) < 4.78 is 18.7. The lowest BCUT2D eigenvalue weighted by Gasteiger charge is -2.27. The molecular formula is C23H28FN5O. The molecule has 1 aliphatic heterocycles. The molecule has 0 aliphatic carbocycles. The fourth-order valence-corrected chi connectivity index (χ4v) is 3.84. The van der Waals surface area contributed by atoms with Crippen LogP contribution in [0.2, 0.25) is 0 Å². The number of pyridine rings is 1. The van der Waals surface area contributed by atoms with Gasteiger partial charge < -0.3 is 14.7 Å². The third-order valence-electron chi connectivity index (χ3n) is 5.65. The highest BCUT2D eigenvalue weighted by atomic mass is 19.1. The number of benzene rings is 1.